The summed E-state index contributed by atoms with van der Waals surface area (Å²) in [5, 5.41) is 9.26. The maximum Gasteiger partial charge on any atom is 0.417 e. The molecule has 15 heteroatoms. The van der Waals surface area contributed by atoms with E-state index in [-0.39, 0.29) is 12.3 Å². The van der Waals surface area contributed by atoms with E-state index < -0.39 is 62.0 Å². The standard InChI is InChI=1S/C33H45F3N4O7S/c1-30(2,3)46-29(42)40-13-11-39(12-14-40)25-10-9-22(23-19-31(4,5)47-32(6,7)20-23)17-26(25)38(8)48(43,44)27-18-24(33(34,35)36)21-37-28(27)45-16-15-41/h9-10,17-19,21,41H,11-16,20H2,1-8H3. The summed E-state index contributed by atoms with van der Waals surface area (Å²) in [6.45, 7) is 13.5. The monoisotopic (exact) mass is 698 g/mol. The maximum atomic E-state index is 14.3. The highest BCUT2D eigenvalue weighted by molar-refractivity contribution is 7.93. The van der Waals surface area contributed by atoms with Gasteiger partial charge in [0.25, 0.3) is 10.0 Å². The molecule has 1 aromatic carbocycles. The Hall–Kier alpha value is -3.56. The van der Waals surface area contributed by atoms with Crippen molar-refractivity contribution in [3.8, 4) is 5.88 Å². The molecule has 1 N–H and O–H groups in total. The lowest BCUT2D eigenvalue weighted by Gasteiger charge is -2.41. The number of aromatic nitrogens is 1. The number of pyridine rings is 1. The Morgan fingerprint density at radius 2 is 1.73 bits per heavy atom. The SMILES string of the molecule is CN(c1cc(C2=CC(C)(C)OC(C)(C)C2)ccc1N1CCN(C(=O)OC(C)(C)C)CC1)S(=O)(=O)c1cc(C(F)(F)F)cnc1OCCO. The van der Waals surface area contributed by atoms with Gasteiger partial charge in [-0.1, -0.05) is 6.07 Å². The molecule has 2 aliphatic rings. The highest BCUT2D eigenvalue weighted by Crippen LogP contribution is 2.43. The van der Waals surface area contributed by atoms with Crippen LogP contribution >= 0.6 is 0 Å². The Labute approximate surface area is 280 Å². The van der Waals surface area contributed by atoms with Gasteiger partial charge in [0.05, 0.1) is 34.7 Å². The third-order valence-electron chi connectivity index (χ3n) is 7.75. The molecule has 2 aromatic rings. The van der Waals surface area contributed by atoms with Crippen LogP contribution in [-0.2, 0) is 25.7 Å². The molecule has 2 aliphatic heterocycles. The van der Waals surface area contributed by atoms with Crippen LogP contribution < -0.4 is 13.9 Å². The Balaban J connectivity index is 1.81. The minimum Gasteiger partial charge on any atom is -0.474 e. The van der Waals surface area contributed by atoms with Crippen LogP contribution in [0.5, 0.6) is 5.88 Å². The molecule has 4 rings (SSSR count). The van der Waals surface area contributed by atoms with Crippen molar-refractivity contribution in [2.75, 3.05) is 55.6 Å². The number of halogens is 3. The van der Waals surface area contributed by atoms with Gasteiger partial charge in [-0.3, -0.25) is 4.31 Å². The van der Waals surface area contributed by atoms with Crippen molar-refractivity contribution in [3.63, 3.8) is 0 Å². The molecule has 48 heavy (non-hydrogen) atoms. The van der Waals surface area contributed by atoms with Gasteiger partial charge in [-0.05, 0) is 83.9 Å². The highest BCUT2D eigenvalue weighted by Gasteiger charge is 2.38. The predicted molar refractivity (Wildman–Crippen MR) is 176 cm³/mol. The fourth-order valence-corrected chi connectivity index (χ4v) is 7.20. The number of hydrogen-bond donors (Lipinski definition) is 1. The smallest absolute Gasteiger partial charge is 0.417 e. The molecule has 1 fully saturated rings. The number of benzene rings is 1. The van der Waals surface area contributed by atoms with E-state index in [4.69, 9.17) is 14.2 Å². The second-order valence-corrected chi connectivity index (χ2v) is 16.0. The van der Waals surface area contributed by atoms with E-state index in [2.05, 4.69) is 4.98 Å². The quantitative estimate of drug-likeness (QED) is 0.369. The molecule has 11 nitrogen and oxygen atoms in total. The predicted octanol–water partition coefficient (Wildman–Crippen LogP) is 5.71. The molecule has 0 atom stereocenters. The number of aliphatic hydroxyl groups is 1. The Morgan fingerprint density at radius 3 is 2.29 bits per heavy atom. The lowest BCUT2D eigenvalue weighted by Crippen LogP contribution is -2.50. The lowest BCUT2D eigenvalue weighted by molar-refractivity contribution is -0.138. The molecule has 266 valence electrons. The fourth-order valence-electron chi connectivity index (χ4n) is 5.89. The van der Waals surface area contributed by atoms with Gasteiger partial charge in [-0.25, -0.2) is 18.2 Å². The molecule has 0 bridgehead atoms. The van der Waals surface area contributed by atoms with Crippen molar-refractivity contribution in [1.29, 1.82) is 0 Å². The normalized spacial score (nSPS) is 18.3. The molecule has 0 aliphatic carbocycles. The first-order valence-corrected chi connectivity index (χ1v) is 17.1. The second-order valence-electron chi connectivity index (χ2n) is 14.0. The fraction of sp³-hybridized carbons (Fsp3) is 0.576. The molecule has 0 saturated carbocycles. The largest absolute Gasteiger partial charge is 0.474 e. The number of sulfonamides is 1. The van der Waals surface area contributed by atoms with Gasteiger partial charge in [0.2, 0.25) is 5.88 Å². The van der Waals surface area contributed by atoms with Gasteiger partial charge in [-0.2, -0.15) is 13.2 Å². The summed E-state index contributed by atoms with van der Waals surface area (Å²) in [7, 11) is -3.46. The zero-order valence-electron chi connectivity index (χ0n) is 28.6. The topological polar surface area (TPSA) is 122 Å². The van der Waals surface area contributed by atoms with Crippen molar-refractivity contribution in [1.82, 2.24) is 9.88 Å². The van der Waals surface area contributed by atoms with E-state index in [0.29, 0.717) is 56.1 Å². The van der Waals surface area contributed by atoms with E-state index in [1.807, 2.05) is 44.7 Å². The zero-order valence-corrected chi connectivity index (χ0v) is 29.5. The van der Waals surface area contributed by atoms with Crippen molar-refractivity contribution in [2.45, 2.75) is 82.8 Å². The third-order valence-corrected chi connectivity index (χ3v) is 9.52. The molecular weight excluding hydrogens is 653 g/mol. The van der Waals surface area contributed by atoms with Gasteiger partial charge >= 0.3 is 12.3 Å². The highest BCUT2D eigenvalue weighted by atomic mass is 32.2. The first-order chi connectivity index (χ1) is 22.0. The summed E-state index contributed by atoms with van der Waals surface area (Å²) in [6, 6.07) is 5.85. The van der Waals surface area contributed by atoms with E-state index in [9.17, 15) is 31.5 Å². The number of hydrogen-bond acceptors (Lipinski definition) is 9. The Morgan fingerprint density at radius 1 is 1.08 bits per heavy atom. The number of carbonyl (C=O) groups excluding carboxylic acids is 1. The number of ether oxygens (including phenoxy) is 3. The van der Waals surface area contributed by atoms with Crippen molar-refractivity contribution >= 4 is 33.1 Å². The number of aliphatic hydroxyl groups excluding tert-OH is 1. The van der Waals surface area contributed by atoms with Crippen LogP contribution in [0.1, 0.15) is 66.0 Å². The number of rotatable bonds is 8. The van der Waals surface area contributed by atoms with Crippen LogP contribution in [0, 0.1) is 0 Å². The van der Waals surface area contributed by atoms with Crippen molar-refractivity contribution in [2.24, 2.45) is 0 Å². The van der Waals surface area contributed by atoms with Gasteiger partial charge in [0, 0.05) is 45.8 Å². The second kappa shape index (κ2) is 13.4. The molecule has 1 aromatic heterocycles. The van der Waals surface area contributed by atoms with Crippen molar-refractivity contribution < 1.29 is 45.7 Å². The minimum atomic E-state index is -4.88. The van der Waals surface area contributed by atoms with Crippen LogP contribution in [0.25, 0.3) is 5.57 Å². The summed E-state index contributed by atoms with van der Waals surface area (Å²) in [6.07, 6.45) is -2.34. The van der Waals surface area contributed by atoms with Gasteiger partial charge in [0.15, 0.2) is 4.90 Å². The van der Waals surface area contributed by atoms with E-state index in [1.165, 1.54) is 7.05 Å². The van der Waals surface area contributed by atoms with Gasteiger partial charge < -0.3 is 29.1 Å². The summed E-state index contributed by atoms with van der Waals surface area (Å²) in [5.41, 5.74) is -0.753. The van der Waals surface area contributed by atoms with Crippen LogP contribution in [0.3, 0.4) is 0 Å². The first-order valence-electron chi connectivity index (χ1n) is 15.6. The summed E-state index contributed by atoms with van der Waals surface area (Å²) in [5.74, 6) is -0.566. The third kappa shape index (κ3) is 8.72. The number of nitrogens with zero attached hydrogens (tertiary/aromatic N) is 4. The molecule has 0 radical (unpaired) electrons. The molecule has 0 unspecified atom stereocenters. The minimum absolute atomic E-state index is 0.201. The van der Waals surface area contributed by atoms with Crippen LogP contribution in [0.15, 0.2) is 41.4 Å². The lowest BCUT2D eigenvalue weighted by atomic mass is 9.85. The number of anilines is 2. The summed E-state index contributed by atoms with van der Waals surface area (Å²) < 4.78 is 87.7. The molecule has 3 heterocycles. The molecule has 1 amide bonds. The number of alkyl halides is 3. The maximum absolute atomic E-state index is 14.3. The van der Waals surface area contributed by atoms with E-state index in [0.717, 1.165) is 9.88 Å². The average Bonchev–Trinajstić information content (AvgIpc) is 2.96. The summed E-state index contributed by atoms with van der Waals surface area (Å²) >= 11 is 0. The van der Waals surface area contributed by atoms with E-state index >= 15 is 0 Å². The molecular formula is C33H45F3N4O7S. The zero-order chi connectivity index (χ0) is 35.9. The Bertz CT molecular complexity index is 1650. The molecule has 0 spiro atoms. The summed E-state index contributed by atoms with van der Waals surface area (Å²) in [4.78, 5) is 19.1. The number of carbonyl (C=O) groups is 1. The van der Waals surface area contributed by atoms with Gasteiger partial charge in [-0.15, -0.1) is 0 Å². The average molecular weight is 699 g/mol. The Kier molecular flexibility index (Phi) is 10.4. The van der Waals surface area contributed by atoms with Crippen LogP contribution in [0.2, 0.25) is 0 Å². The van der Waals surface area contributed by atoms with Crippen molar-refractivity contribution in [3.05, 3.63) is 47.7 Å². The number of piperazine rings is 1. The first kappa shape index (κ1) is 37.3. The van der Waals surface area contributed by atoms with Gasteiger partial charge in [0.1, 0.15) is 12.2 Å². The van der Waals surface area contributed by atoms with Crippen LogP contribution in [-0.4, -0.2) is 92.7 Å². The molecule has 1 saturated heterocycles. The van der Waals surface area contributed by atoms with Crippen LogP contribution in [0.4, 0.5) is 29.3 Å². The number of amides is 1. The van der Waals surface area contributed by atoms with E-state index in [1.54, 1.807) is 37.8 Å².